The van der Waals surface area contributed by atoms with Crippen LogP contribution in [0.4, 0.5) is 17.6 Å². The van der Waals surface area contributed by atoms with E-state index in [9.17, 15) is 27.2 Å². The van der Waals surface area contributed by atoms with E-state index in [0.717, 1.165) is 12.5 Å². The Morgan fingerprint density at radius 2 is 2.07 bits per heavy atom. The minimum Gasteiger partial charge on any atom is -0.349 e. The molecule has 0 saturated heterocycles. The Morgan fingerprint density at radius 3 is 2.71 bits per heavy atom. The van der Waals surface area contributed by atoms with Gasteiger partial charge in [-0.05, 0) is 37.5 Å². The Labute approximate surface area is 158 Å². The molecule has 2 aromatic rings. The molecule has 1 unspecified atom stereocenters. The molecule has 3 rings (SSSR count). The van der Waals surface area contributed by atoms with E-state index in [1.54, 1.807) is 4.57 Å². The van der Waals surface area contributed by atoms with Crippen molar-refractivity contribution in [1.29, 1.82) is 0 Å². The Kier molecular flexibility index (Phi) is 5.57. The van der Waals surface area contributed by atoms with Crippen molar-refractivity contribution < 1.29 is 22.4 Å². The molecule has 0 aliphatic carbocycles. The summed E-state index contributed by atoms with van der Waals surface area (Å²) in [4.78, 5) is 24.6. The van der Waals surface area contributed by atoms with Crippen LogP contribution in [0.25, 0.3) is 0 Å². The molecular weight excluding hydrogens is 380 g/mol. The molecule has 0 saturated carbocycles. The first kappa shape index (κ1) is 20.1. The van der Waals surface area contributed by atoms with E-state index in [2.05, 4.69) is 10.4 Å². The SMILES string of the molecule is CCCn1nc2n(c1=O)CCC(NC(=O)c1ccc(C(F)(F)F)cc1F)CC2. The molecule has 10 heteroatoms. The van der Waals surface area contributed by atoms with Crippen molar-refractivity contribution in [3.63, 3.8) is 0 Å². The van der Waals surface area contributed by atoms with Crippen LogP contribution in [0.5, 0.6) is 0 Å². The van der Waals surface area contributed by atoms with Gasteiger partial charge in [-0.25, -0.2) is 13.9 Å². The lowest BCUT2D eigenvalue weighted by Crippen LogP contribution is -2.36. The molecule has 1 aliphatic heterocycles. The number of carbonyl (C=O) groups is 1. The van der Waals surface area contributed by atoms with Crippen molar-refractivity contribution in [2.24, 2.45) is 0 Å². The molecule has 0 radical (unpaired) electrons. The van der Waals surface area contributed by atoms with Crippen LogP contribution in [0.15, 0.2) is 23.0 Å². The van der Waals surface area contributed by atoms with Crippen molar-refractivity contribution in [1.82, 2.24) is 19.7 Å². The lowest BCUT2D eigenvalue weighted by Gasteiger charge is -2.17. The summed E-state index contributed by atoms with van der Waals surface area (Å²) >= 11 is 0. The number of aryl methyl sites for hydroxylation is 2. The third-order valence-electron chi connectivity index (χ3n) is 4.73. The van der Waals surface area contributed by atoms with Crippen molar-refractivity contribution in [3.05, 3.63) is 51.5 Å². The number of halogens is 4. The highest BCUT2D eigenvalue weighted by Crippen LogP contribution is 2.30. The van der Waals surface area contributed by atoms with Crippen LogP contribution in [0, 0.1) is 5.82 Å². The summed E-state index contributed by atoms with van der Waals surface area (Å²) in [7, 11) is 0. The van der Waals surface area contributed by atoms with Crippen LogP contribution in [0.2, 0.25) is 0 Å². The molecule has 1 aromatic heterocycles. The first-order valence-electron chi connectivity index (χ1n) is 9.04. The third kappa shape index (κ3) is 4.10. The normalized spacial score (nSPS) is 17.1. The number of alkyl halides is 3. The lowest BCUT2D eigenvalue weighted by atomic mass is 10.1. The second kappa shape index (κ2) is 7.76. The lowest BCUT2D eigenvalue weighted by molar-refractivity contribution is -0.137. The molecule has 28 heavy (non-hydrogen) atoms. The number of amides is 1. The summed E-state index contributed by atoms with van der Waals surface area (Å²) in [5, 5.41) is 6.95. The summed E-state index contributed by atoms with van der Waals surface area (Å²) < 4.78 is 54.8. The van der Waals surface area contributed by atoms with E-state index in [1.807, 2.05) is 6.92 Å². The highest BCUT2D eigenvalue weighted by Gasteiger charge is 2.32. The smallest absolute Gasteiger partial charge is 0.349 e. The molecule has 0 fully saturated rings. The fourth-order valence-electron chi connectivity index (χ4n) is 3.27. The van der Waals surface area contributed by atoms with Gasteiger partial charge in [-0.2, -0.15) is 18.3 Å². The van der Waals surface area contributed by atoms with Gasteiger partial charge in [0, 0.05) is 25.6 Å². The molecule has 1 N–H and O–H groups in total. The maximum absolute atomic E-state index is 14.0. The number of carbonyl (C=O) groups excluding carboxylic acids is 1. The number of hydrogen-bond donors (Lipinski definition) is 1. The first-order chi connectivity index (χ1) is 13.2. The topological polar surface area (TPSA) is 68.9 Å². The number of nitrogens with zero attached hydrogens (tertiary/aromatic N) is 3. The zero-order valence-electron chi connectivity index (χ0n) is 15.2. The molecule has 6 nitrogen and oxygen atoms in total. The molecule has 152 valence electrons. The number of aromatic nitrogens is 3. The van der Waals surface area contributed by atoms with Gasteiger partial charge < -0.3 is 5.32 Å². The molecular formula is C18H20F4N4O2. The maximum atomic E-state index is 14.0. The standard InChI is InChI=1S/C18H20F4N4O2/c1-2-8-26-17(28)25-9-7-12(4-6-15(25)24-26)23-16(27)13-5-3-11(10-14(13)19)18(20,21)22/h3,5,10,12H,2,4,6-9H2,1H3,(H,23,27). The fraction of sp³-hybridized carbons (Fsp3) is 0.500. The van der Waals surface area contributed by atoms with Crippen LogP contribution < -0.4 is 11.0 Å². The van der Waals surface area contributed by atoms with Crippen molar-refractivity contribution in [2.45, 2.75) is 57.9 Å². The van der Waals surface area contributed by atoms with Gasteiger partial charge in [0.15, 0.2) is 0 Å². The summed E-state index contributed by atoms with van der Waals surface area (Å²) in [5.41, 5.74) is -1.79. The average Bonchev–Trinajstić information content (AvgIpc) is 2.79. The largest absolute Gasteiger partial charge is 0.416 e. The summed E-state index contributed by atoms with van der Waals surface area (Å²) in [5.74, 6) is -1.37. The summed E-state index contributed by atoms with van der Waals surface area (Å²) in [6, 6.07) is 1.48. The van der Waals surface area contributed by atoms with Crippen LogP contribution in [0.1, 0.15) is 47.9 Å². The highest BCUT2D eigenvalue weighted by molar-refractivity contribution is 5.94. The van der Waals surface area contributed by atoms with Gasteiger partial charge in [0.1, 0.15) is 11.6 Å². The highest BCUT2D eigenvalue weighted by atomic mass is 19.4. The zero-order chi connectivity index (χ0) is 20.5. The second-order valence-electron chi connectivity index (χ2n) is 6.76. The van der Waals surface area contributed by atoms with E-state index in [1.165, 1.54) is 4.68 Å². The van der Waals surface area contributed by atoms with Crippen LogP contribution in [-0.2, 0) is 25.7 Å². The fourth-order valence-corrected chi connectivity index (χ4v) is 3.27. The van der Waals surface area contributed by atoms with Gasteiger partial charge in [-0.3, -0.25) is 9.36 Å². The number of hydrogen-bond acceptors (Lipinski definition) is 3. The van der Waals surface area contributed by atoms with Gasteiger partial charge in [0.05, 0.1) is 11.1 Å². The van der Waals surface area contributed by atoms with Crippen LogP contribution >= 0.6 is 0 Å². The Morgan fingerprint density at radius 1 is 1.32 bits per heavy atom. The van der Waals surface area contributed by atoms with Gasteiger partial charge in [-0.15, -0.1) is 0 Å². The predicted molar refractivity (Wildman–Crippen MR) is 92.4 cm³/mol. The monoisotopic (exact) mass is 400 g/mol. The second-order valence-corrected chi connectivity index (χ2v) is 6.76. The van der Waals surface area contributed by atoms with Gasteiger partial charge >= 0.3 is 11.9 Å². The number of benzene rings is 1. The van der Waals surface area contributed by atoms with E-state index in [4.69, 9.17) is 0 Å². The molecule has 0 spiro atoms. The molecule has 1 atom stereocenters. The average molecular weight is 400 g/mol. The Balaban J connectivity index is 1.68. The number of fused-ring (bicyclic) bond motifs is 1. The summed E-state index contributed by atoms with van der Waals surface area (Å²) in [6.07, 6.45) is -2.49. The molecule has 1 aromatic carbocycles. The molecule has 1 aliphatic rings. The summed E-state index contributed by atoms with van der Waals surface area (Å²) in [6.45, 7) is 2.84. The van der Waals surface area contributed by atoms with Crippen molar-refractivity contribution in [2.75, 3.05) is 0 Å². The number of rotatable bonds is 4. The third-order valence-corrected chi connectivity index (χ3v) is 4.73. The minimum atomic E-state index is -4.68. The Bertz CT molecular complexity index is 933. The van der Waals surface area contributed by atoms with E-state index in [0.29, 0.717) is 50.3 Å². The first-order valence-corrected chi connectivity index (χ1v) is 9.04. The number of nitrogens with one attached hydrogen (secondary N) is 1. The van der Waals surface area contributed by atoms with E-state index < -0.39 is 29.0 Å². The maximum Gasteiger partial charge on any atom is 0.416 e. The van der Waals surface area contributed by atoms with E-state index in [-0.39, 0.29) is 11.7 Å². The van der Waals surface area contributed by atoms with Crippen molar-refractivity contribution in [3.8, 4) is 0 Å². The zero-order valence-corrected chi connectivity index (χ0v) is 15.2. The quantitative estimate of drug-likeness (QED) is 0.803. The van der Waals surface area contributed by atoms with E-state index >= 15 is 0 Å². The van der Waals surface area contributed by atoms with Crippen LogP contribution in [0.3, 0.4) is 0 Å². The Hall–Kier alpha value is -2.65. The molecule has 1 amide bonds. The van der Waals surface area contributed by atoms with Gasteiger partial charge in [0.25, 0.3) is 5.91 Å². The minimum absolute atomic E-state index is 0.197. The molecule has 2 heterocycles. The van der Waals surface area contributed by atoms with Gasteiger partial charge in [-0.1, -0.05) is 6.92 Å². The predicted octanol–water partition coefficient (Wildman–Crippen LogP) is 2.75. The molecule has 0 bridgehead atoms. The van der Waals surface area contributed by atoms with Crippen molar-refractivity contribution >= 4 is 5.91 Å². The van der Waals surface area contributed by atoms with Gasteiger partial charge in [0.2, 0.25) is 0 Å². The van der Waals surface area contributed by atoms with Crippen LogP contribution in [-0.4, -0.2) is 26.3 Å².